The average molecular weight is 452 g/mol. The molecule has 0 amide bonds. The molecule has 5 rings (SSSR count). The molecule has 0 radical (unpaired) electrons. The number of fused-ring (bicyclic) bond motifs is 1. The number of aryl methyl sites for hydroxylation is 1. The fourth-order valence-electron chi connectivity index (χ4n) is 4.04. The van der Waals surface area contributed by atoms with Crippen LogP contribution in [0, 0.1) is 5.82 Å². The van der Waals surface area contributed by atoms with E-state index in [0.29, 0.717) is 34.1 Å². The largest absolute Gasteiger partial charge is 0.383 e. The lowest BCUT2D eigenvalue weighted by atomic mass is 10.1. The van der Waals surface area contributed by atoms with E-state index >= 15 is 0 Å². The Morgan fingerprint density at radius 1 is 1.03 bits per heavy atom. The number of nitrogens with two attached hydrogens (primary N) is 1. The number of aromatic nitrogens is 4. The molecule has 0 saturated carbocycles. The molecule has 1 aliphatic heterocycles. The van der Waals surface area contributed by atoms with Crippen LogP contribution in [0.5, 0.6) is 0 Å². The summed E-state index contributed by atoms with van der Waals surface area (Å²) in [6.07, 6.45) is 0. The maximum Gasteiger partial charge on any atom is 0.228 e. The van der Waals surface area contributed by atoms with Crippen LogP contribution in [0.2, 0.25) is 5.02 Å². The van der Waals surface area contributed by atoms with E-state index in [9.17, 15) is 4.39 Å². The summed E-state index contributed by atoms with van der Waals surface area (Å²) in [6, 6.07) is 14.3. The average Bonchev–Trinajstić information content (AvgIpc) is 3.09. The SMILES string of the molecule is Cn1nc2nc(N3CCN(Cc4ccc(Cl)cc4)CC3)nc(-c3cccc(F)c3)c2c1N. The van der Waals surface area contributed by atoms with Gasteiger partial charge in [-0.3, -0.25) is 9.58 Å². The van der Waals surface area contributed by atoms with Crippen LogP contribution >= 0.6 is 11.6 Å². The summed E-state index contributed by atoms with van der Waals surface area (Å²) < 4.78 is 15.5. The zero-order valence-electron chi connectivity index (χ0n) is 17.7. The predicted octanol–water partition coefficient (Wildman–Crippen LogP) is 3.73. The van der Waals surface area contributed by atoms with Crippen molar-refractivity contribution in [2.75, 3.05) is 36.8 Å². The molecular weight excluding hydrogens is 429 g/mol. The second kappa shape index (κ2) is 8.37. The molecule has 1 fully saturated rings. The van der Waals surface area contributed by atoms with Crippen LogP contribution in [0.4, 0.5) is 16.2 Å². The smallest absolute Gasteiger partial charge is 0.228 e. The summed E-state index contributed by atoms with van der Waals surface area (Å²) >= 11 is 5.99. The summed E-state index contributed by atoms with van der Waals surface area (Å²) in [5.74, 6) is 0.716. The van der Waals surface area contributed by atoms with Crippen LogP contribution in [0.25, 0.3) is 22.3 Å². The summed E-state index contributed by atoms with van der Waals surface area (Å²) in [7, 11) is 1.77. The van der Waals surface area contributed by atoms with Gasteiger partial charge in [0.1, 0.15) is 11.6 Å². The molecule has 0 atom stereocenters. The van der Waals surface area contributed by atoms with E-state index in [2.05, 4.69) is 32.0 Å². The first-order valence-electron chi connectivity index (χ1n) is 10.5. The molecule has 0 spiro atoms. The van der Waals surface area contributed by atoms with E-state index in [0.717, 1.165) is 37.7 Å². The van der Waals surface area contributed by atoms with Crippen LogP contribution in [0.15, 0.2) is 48.5 Å². The van der Waals surface area contributed by atoms with Crippen molar-refractivity contribution >= 4 is 34.4 Å². The van der Waals surface area contributed by atoms with Crippen LogP contribution < -0.4 is 10.6 Å². The molecule has 0 bridgehead atoms. The Bertz CT molecular complexity index is 1260. The number of nitrogen functional groups attached to an aromatic ring is 1. The first-order chi connectivity index (χ1) is 15.5. The number of piperazine rings is 1. The number of halogens is 2. The van der Waals surface area contributed by atoms with Crippen molar-refractivity contribution in [1.82, 2.24) is 24.6 Å². The number of hydrogen-bond acceptors (Lipinski definition) is 6. The Morgan fingerprint density at radius 2 is 1.78 bits per heavy atom. The Labute approximate surface area is 190 Å². The molecule has 4 aromatic rings. The monoisotopic (exact) mass is 451 g/mol. The minimum atomic E-state index is -0.325. The van der Waals surface area contributed by atoms with E-state index in [1.807, 2.05) is 18.2 Å². The Morgan fingerprint density at radius 3 is 2.50 bits per heavy atom. The highest BCUT2D eigenvalue weighted by atomic mass is 35.5. The first kappa shape index (κ1) is 20.7. The molecule has 164 valence electrons. The van der Waals surface area contributed by atoms with Crippen molar-refractivity contribution in [2.45, 2.75) is 6.54 Å². The van der Waals surface area contributed by atoms with Crippen molar-refractivity contribution in [3.05, 3.63) is 64.9 Å². The van der Waals surface area contributed by atoms with Crippen molar-refractivity contribution in [1.29, 1.82) is 0 Å². The summed E-state index contributed by atoms with van der Waals surface area (Å²) in [4.78, 5) is 14.0. The third-order valence-electron chi connectivity index (χ3n) is 5.80. The zero-order valence-corrected chi connectivity index (χ0v) is 18.4. The molecule has 32 heavy (non-hydrogen) atoms. The molecule has 9 heteroatoms. The van der Waals surface area contributed by atoms with Gasteiger partial charge in [0.05, 0.1) is 11.1 Å². The van der Waals surface area contributed by atoms with Gasteiger partial charge in [-0.25, -0.2) is 9.37 Å². The number of nitrogens with zero attached hydrogens (tertiary/aromatic N) is 6. The first-order valence-corrected chi connectivity index (χ1v) is 10.8. The van der Waals surface area contributed by atoms with E-state index in [-0.39, 0.29) is 5.82 Å². The molecular formula is C23H23ClFN7. The van der Waals surface area contributed by atoms with Gasteiger partial charge in [0, 0.05) is 50.4 Å². The molecule has 0 aliphatic carbocycles. The third kappa shape index (κ3) is 3.99. The van der Waals surface area contributed by atoms with Gasteiger partial charge in [0.25, 0.3) is 0 Å². The van der Waals surface area contributed by atoms with E-state index in [4.69, 9.17) is 22.3 Å². The van der Waals surface area contributed by atoms with E-state index in [1.165, 1.54) is 17.7 Å². The van der Waals surface area contributed by atoms with Gasteiger partial charge < -0.3 is 10.6 Å². The predicted molar refractivity (Wildman–Crippen MR) is 125 cm³/mol. The Balaban J connectivity index is 1.42. The molecule has 7 nitrogen and oxygen atoms in total. The maximum absolute atomic E-state index is 13.9. The molecule has 1 saturated heterocycles. The Hall–Kier alpha value is -3.23. The van der Waals surface area contributed by atoms with Crippen molar-refractivity contribution in [3.8, 4) is 11.3 Å². The third-order valence-corrected chi connectivity index (χ3v) is 6.05. The number of rotatable bonds is 4. The van der Waals surface area contributed by atoms with Crippen LogP contribution in [-0.4, -0.2) is 50.8 Å². The lowest BCUT2D eigenvalue weighted by Gasteiger charge is -2.34. The lowest BCUT2D eigenvalue weighted by Crippen LogP contribution is -2.46. The number of benzene rings is 2. The summed E-state index contributed by atoms with van der Waals surface area (Å²) in [5.41, 5.74) is 9.24. The van der Waals surface area contributed by atoms with Crippen LogP contribution in [0.1, 0.15) is 5.56 Å². The van der Waals surface area contributed by atoms with Crippen molar-refractivity contribution in [3.63, 3.8) is 0 Å². The van der Waals surface area contributed by atoms with Gasteiger partial charge >= 0.3 is 0 Å². The normalized spacial score (nSPS) is 14.9. The zero-order chi connectivity index (χ0) is 22.2. The van der Waals surface area contributed by atoms with Gasteiger partial charge in [0.2, 0.25) is 5.95 Å². The van der Waals surface area contributed by atoms with Crippen LogP contribution in [-0.2, 0) is 13.6 Å². The van der Waals surface area contributed by atoms with Gasteiger partial charge in [-0.1, -0.05) is 35.9 Å². The van der Waals surface area contributed by atoms with Gasteiger partial charge in [-0.05, 0) is 29.8 Å². The standard InChI is InChI=1S/C23H23ClFN7/c1-30-21(26)19-20(16-3-2-4-18(25)13-16)27-23(28-22(19)29-30)32-11-9-31(10-12-32)14-15-5-7-17(24)8-6-15/h2-8,13H,9-12,14,26H2,1H3. The summed E-state index contributed by atoms with van der Waals surface area (Å²) in [5, 5.41) is 5.84. The Kier molecular flexibility index (Phi) is 5.40. The molecule has 2 N–H and O–H groups in total. The topological polar surface area (TPSA) is 76.1 Å². The van der Waals surface area contributed by atoms with Crippen molar-refractivity contribution in [2.24, 2.45) is 7.05 Å². The second-order valence-electron chi connectivity index (χ2n) is 7.98. The second-order valence-corrected chi connectivity index (χ2v) is 8.42. The fourth-order valence-corrected chi connectivity index (χ4v) is 4.17. The van der Waals surface area contributed by atoms with Crippen molar-refractivity contribution < 1.29 is 4.39 Å². The summed E-state index contributed by atoms with van der Waals surface area (Å²) in [6.45, 7) is 4.19. The highest BCUT2D eigenvalue weighted by Gasteiger charge is 2.23. The molecule has 0 unspecified atom stereocenters. The minimum Gasteiger partial charge on any atom is -0.383 e. The molecule has 2 aromatic heterocycles. The number of hydrogen-bond donors (Lipinski definition) is 1. The van der Waals surface area contributed by atoms with E-state index < -0.39 is 0 Å². The highest BCUT2D eigenvalue weighted by Crippen LogP contribution is 2.32. The number of anilines is 2. The quantitative estimate of drug-likeness (QED) is 0.509. The van der Waals surface area contributed by atoms with Gasteiger partial charge in [-0.2, -0.15) is 10.1 Å². The van der Waals surface area contributed by atoms with Crippen LogP contribution in [0.3, 0.4) is 0 Å². The van der Waals surface area contributed by atoms with Gasteiger partial charge in [0.15, 0.2) is 5.65 Å². The molecule has 3 heterocycles. The molecule has 1 aliphatic rings. The maximum atomic E-state index is 13.9. The lowest BCUT2D eigenvalue weighted by molar-refractivity contribution is 0.249. The van der Waals surface area contributed by atoms with Gasteiger partial charge in [-0.15, -0.1) is 0 Å². The highest BCUT2D eigenvalue weighted by molar-refractivity contribution is 6.30. The minimum absolute atomic E-state index is 0.325. The van der Waals surface area contributed by atoms with E-state index in [1.54, 1.807) is 17.8 Å². The molecule has 2 aromatic carbocycles. The fraction of sp³-hybridized carbons (Fsp3) is 0.261.